The number of nitrogens with one attached hydrogen (secondary N) is 1. The third-order valence-corrected chi connectivity index (χ3v) is 4.90. The highest BCUT2D eigenvalue weighted by Gasteiger charge is 2.20. The van der Waals surface area contributed by atoms with Gasteiger partial charge in [-0.15, -0.1) is 0 Å². The summed E-state index contributed by atoms with van der Waals surface area (Å²) in [6.45, 7) is 0. The van der Waals surface area contributed by atoms with E-state index >= 15 is 0 Å². The average Bonchev–Trinajstić information content (AvgIpc) is 2.60. The minimum Gasteiger partial charge on any atom is -0.396 e. The molecule has 0 saturated carbocycles. The lowest BCUT2D eigenvalue weighted by Crippen LogP contribution is -2.23. The summed E-state index contributed by atoms with van der Waals surface area (Å²) in [6, 6.07) is 7.98. The average molecular weight is 384 g/mol. The normalized spacial score (nSPS) is 15.2. The quantitative estimate of drug-likeness (QED) is 0.605. The van der Waals surface area contributed by atoms with Crippen molar-refractivity contribution in [3.8, 4) is 0 Å². The third-order valence-electron chi connectivity index (χ3n) is 3.77. The molecular weight excluding hydrogens is 371 g/mol. The van der Waals surface area contributed by atoms with Crippen LogP contribution in [0.5, 0.6) is 0 Å². The maximum Gasteiger partial charge on any atom is 0.291 e. The highest BCUT2D eigenvalue weighted by atomic mass is 35.5. The summed E-state index contributed by atoms with van der Waals surface area (Å²) in [5.41, 5.74) is 11.2. The van der Waals surface area contributed by atoms with Crippen LogP contribution in [-0.4, -0.2) is 16.6 Å². The van der Waals surface area contributed by atoms with Crippen molar-refractivity contribution in [1.29, 1.82) is 0 Å². The fraction of sp³-hybridized carbons (Fsp3) is 0.188. The number of carbonyl (C=O) groups excluding carboxylic acids is 1. The summed E-state index contributed by atoms with van der Waals surface area (Å²) in [5.74, 6) is -0.596. The van der Waals surface area contributed by atoms with Crippen LogP contribution in [0.1, 0.15) is 34.5 Å². The van der Waals surface area contributed by atoms with Crippen LogP contribution in [0.25, 0.3) is 0 Å². The summed E-state index contributed by atoms with van der Waals surface area (Å²) in [4.78, 5) is 16.2. The van der Waals surface area contributed by atoms with Crippen LogP contribution in [0.3, 0.4) is 0 Å². The topological polar surface area (TPSA) is 80.4 Å². The van der Waals surface area contributed by atoms with Crippen LogP contribution in [-0.2, 0) is 6.42 Å². The molecule has 0 fully saturated rings. The maximum atomic E-state index is 12.3. The summed E-state index contributed by atoms with van der Waals surface area (Å²) in [7, 11) is 0. The minimum absolute atomic E-state index is 0.0131. The van der Waals surface area contributed by atoms with Gasteiger partial charge < -0.3 is 5.73 Å². The van der Waals surface area contributed by atoms with Gasteiger partial charge >= 0.3 is 0 Å². The van der Waals surface area contributed by atoms with Gasteiger partial charge in [0.2, 0.25) is 0 Å². The van der Waals surface area contributed by atoms with Gasteiger partial charge in [-0.2, -0.15) is 5.10 Å². The number of carbonyl (C=O) groups is 1. The summed E-state index contributed by atoms with van der Waals surface area (Å²) < 4.78 is 0. The Morgan fingerprint density at radius 2 is 1.92 bits per heavy atom. The summed E-state index contributed by atoms with van der Waals surface area (Å²) in [5, 5.41) is 4.11. The first-order valence-electron chi connectivity index (χ1n) is 7.24. The number of rotatable bonds is 2. The Hall–Kier alpha value is -1.82. The first-order chi connectivity index (χ1) is 11.5. The standard InChI is InChI=1S/C16H13Cl3N4O/c17-11-13(20)12(18)15(19)21-14(11)16(24)23-22-10-7-3-5-8-4-1-2-6-9(8)10/h1-2,4,6H,3,5,7H2,(H2,20,21)(H,23,24)/b22-10-. The van der Waals surface area contributed by atoms with E-state index in [1.807, 2.05) is 18.2 Å². The number of nitrogen functional groups attached to an aromatic ring is 1. The fourth-order valence-corrected chi connectivity index (χ4v) is 3.16. The molecule has 3 rings (SSSR count). The Morgan fingerprint density at radius 3 is 2.71 bits per heavy atom. The predicted octanol–water partition coefficient (Wildman–Crippen LogP) is 4.09. The van der Waals surface area contributed by atoms with Gasteiger partial charge in [0.1, 0.15) is 5.02 Å². The number of benzene rings is 1. The van der Waals surface area contributed by atoms with Gasteiger partial charge in [0, 0.05) is 5.56 Å². The van der Waals surface area contributed by atoms with Crippen molar-refractivity contribution >= 4 is 52.1 Å². The SMILES string of the molecule is Nc1c(Cl)c(Cl)nc(C(=O)N/N=C2/CCCc3ccccc32)c1Cl. The number of aryl methyl sites for hydroxylation is 1. The van der Waals surface area contributed by atoms with E-state index in [-0.39, 0.29) is 26.6 Å². The Balaban J connectivity index is 1.87. The largest absolute Gasteiger partial charge is 0.396 e. The minimum atomic E-state index is -0.596. The van der Waals surface area contributed by atoms with E-state index in [0.29, 0.717) is 0 Å². The third kappa shape index (κ3) is 3.20. The second-order valence-electron chi connectivity index (χ2n) is 5.30. The second-order valence-corrected chi connectivity index (χ2v) is 6.42. The van der Waals surface area contributed by atoms with Crippen molar-refractivity contribution in [3.05, 3.63) is 56.3 Å². The molecule has 5 nitrogen and oxygen atoms in total. The molecule has 8 heteroatoms. The molecule has 0 aliphatic heterocycles. The van der Waals surface area contributed by atoms with Crippen LogP contribution >= 0.6 is 34.8 Å². The zero-order valence-electron chi connectivity index (χ0n) is 12.4. The van der Waals surface area contributed by atoms with Crippen molar-refractivity contribution in [2.45, 2.75) is 19.3 Å². The lowest BCUT2D eigenvalue weighted by atomic mass is 9.90. The molecule has 1 aliphatic carbocycles. The molecule has 1 aromatic carbocycles. The van der Waals surface area contributed by atoms with E-state index in [9.17, 15) is 4.79 Å². The number of fused-ring (bicyclic) bond motifs is 1. The van der Waals surface area contributed by atoms with Crippen molar-refractivity contribution in [2.75, 3.05) is 5.73 Å². The van der Waals surface area contributed by atoms with Crippen LogP contribution in [0, 0.1) is 0 Å². The molecule has 0 bridgehead atoms. The van der Waals surface area contributed by atoms with E-state index in [4.69, 9.17) is 40.5 Å². The second kappa shape index (κ2) is 6.97. The molecule has 24 heavy (non-hydrogen) atoms. The molecule has 0 unspecified atom stereocenters. The molecule has 1 aromatic heterocycles. The number of hydrogen-bond donors (Lipinski definition) is 2. The van der Waals surface area contributed by atoms with Gasteiger partial charge in [-0.25, -0.2) is 10.4 Å². The van der Waals surface area contributed by atoms with Gasteiger partial charge in [-0.05, 0) is 24.8 Å². The molecule has 3 N–H and O–H groups in total. The predicted molar refractivity (Wildman–Crippen MR) is 97.1 cm³/mol. The molecule has 1 aliphatic rings. The number of nitrogens with two attached hydrogens (primary N) is 1. The fourth-order valence-electron chi connectivity index (χ4n) is 2.57. The van der Waals surface area contributed by atoms with E-state index in [1.165, 1.54) is 5.56 Å². The van der Waals surface area contributed by atoms with Crippen molar-refractivity contribution in [3.63, 3.8) is 0 Å². The van der Waals surface area contributed by atoms with Crippen molar-refractivity contribution in [2.24, 2.45) is 5.10 Å². The van der Waals surface area contributed by atoms with Crippen LogP contribution in [0.4, 0.5) is 5.69 Å². The molecule has 124 valence electrons. The molecule has 2 aromatic rings. The highest BCUT2D eigenvalue weighted by Crippen LogP contribution is 2.34. The lowest BCUT2D eigenvalue weighted by molar-refractivity contribution is 0.0950. The zero-order valence-corrected chi connectivity index (χ0v) is 14.7. The molecule has 0 saturated heterocycles. The Morgan fingerprint density at radius 1 is 1.17 bits per heavy atom. The van der Waals surface area contributed by atoms with Gasteiger partial charge in [-0.3, -0.25) is 4.79 Å². The number of aromatic nitrogens is 1. The Labute approximate surface area is 153 Å². The van der Waals surface area contributed by atoms with Gasteiger partial charge in [0.05, 0.1) is 16.4 Å². The number of hydrogen-bond acceptors (Lipinski definition) is 4. The summed E-state index contributed by atoms with van der Waals surface area (Å²) in [6.07, 6.45) is 2.76. The van der Waals surface area contributed by atoms with Gasteiger partial charge in [0.15, 0.2) is 10.8 Å². The Bertz CT molecular complexity index is 851. The maximum absolute atomic E-state index is 12.3. The van der Waals surface area contributed by atoms with Gasteiger partial charge in [-0.1, -0.05) is 59.1 Å². The first kappa shape index (κ1) is 17.0. The number of halogens is 3. The van der Waals surface area contributed by atoms with E-state index < -0.39 is 5.91 Å². The van der Waals surface area contributed by atoms with Crippen LogP contribution in [0.2, 0.25) is 15.2 Å². The van der Waals surface area contributed by atoms with Crippen LogP contribution < -0.4 is 11.2 Å². The number of hydrazone groups is 1. The summed E-state index contributed by atoms with van der Waals surface area (Å²) >= 11 is 17.7. The molecule has 0 atom stereocenters. The zero-order chi connectivity index (χ0) is 17.3. The number of pyridine rings is 1. The van der Waals surface area contributed by atoms with E-state index in [2.05, 4.69) is 21.6 Å². The monoisotopic (exact) mass is 382 g/mol. The van der Waals surface area contributed by atoms with E-state index in [1.54, 1.807) is 0 Å². The van der Waals surface area contributed by atoms with Crippen molar-refractivity contribution in [1.82, 2.24) is 10.4 Å². The number of nitrogens with zero attached hydrogens (tertiary/aromatic N) is 2. The van der Waals surface area contributed by atoms with Crippen molar-refractivity contribution < 1.29 is 4.79 Å². The molecule has 0 radical (unpaired) electrons. The molecule has 1 heterocycles. The van der Waals surface area contributed by atoms with Crippen LogP contribution in [0.15, 0.2) is 29.4 Å². The molecule has 1 amide bonds. The molecule has 0 spiro atoms. The highest BCUT2D eigenvalue weighted by molar-refractivity contribution is 6.46. The molecular formula is C16H13Cl3N4O. The first-order valence-corrected chi connectivity index (χ1v) is 8.37. The van der Waals surface area contributed by atoms with Gasteiger partial charge in [0.25, 0.3) is 5.91 Å². The van der Waals surface area contributed by atoms with E-state index in [0.717, 1.165) is 30.5 Å². The smallest absolute Gasteiger partial charge is 0.291 e. The Kier molecular flexibility index (Phi) is 4.94. The number of anilines is 1. The number of amides is 1. The lowest BCUT2D eigenvalue weighted by Gasteiger charge is -2.17.